The molecular weight excluding hydrogens is 200 g/mol. The molecule has 0 fully saturated rings. The standard InChI is InChI=1S/C14H28O2/c1-5-8-9-10-11-12-13(15)14(4,6-2)16-7-3/h5-12H2,1-4H3. The average Bonchev–Trinajstić information content (AvgIpc) is 2.28. The van der Waals surface area contributed by atoms with Gasteiger partial charge >= 0.3 is 0 Å². The summed E-state index contributed by atoms with van der Waals surface area (Å²) < 4.78 is 5.57. The maximum atomic E-state index is 12.0. The lowest BCUT2D eigenvalue weighted by molar-refractivity contribution is -0.142. The number of hydrogen-bond donors (Lipinski definition) is 0. The second kappa shape index (κ2) is 8.74. The van der Waals surface area contributed by atoms with Crippen molar-refractivity contribution in [3.05, 3.63) is 0 Å². The highest BCUT2D eigenvalue weighted by Gasteiger charge is 2.30. The first-order valence-electron chi connectivity index (χ1n) is 6.78. The van der Waals surface area contributed by atoms with E-state index < -0.39 is 5.60 Å². The van der Waals surface area contributed by atoms with Crippen molar-refractivity contribution in [3.8, 4) is 0 Å². The smallest absolute Gasteiger partial charge is 0.164 e. The molecule has 1 unspecified atom stereocenters. The van der Waals surface area contributed by atoms with Gasteiger partial charge in [-0.25, -0.2) is 0 Å². The molecule has 0 bridgehead atoms. The van der Waals surface area contributed by atoms with E-state index in [1.165, 1.54) is 25.7 Å². The minimum absolute atomic E-state index is 0.272. The molecular formula is C14H28O2. The van der Waals surface area contributed by atoms with Gasteiger partial charge in [-0.2, -0.15) is 0 Å². The van der Waals surface area contributed by atoms with Gasteiger partial charge in [-0.05, 0) is 26.7 Å². The quantitative estimate of drug-likeness (QED) is 0.526. The predicted octanol–water partition coefficient (Wildman–Crippen LogP) is 4.12. The van der Waals surface area contributed by atoms with Crippen LogP contribution >= 0.6 is 0 Å². The monoisotopic (exact) mass is 228 g/mol. The van der Waals surface area contributed by atoms with Crippen molar-refractivity contribution < 1.29 is 9.53 Å². The van der Waals surface area contributed by atoms with Crippen LogP contribution < -0.4 is 0 Å². The summed E-state index contributed by atoms with van der Waals surface area (Å²) in [6.45, 7) is 8.71. The molecule has 0 aliphatic carbocycles. The maximum Gasteiger partial charge on any atom is 0.164 e. The Balaban J connectivity index is 3.84. The highest BCUT2D eigenvalue weighted by molar-refractivity contribution is 5.86. The highest BCUT2D eigenvalue weighted by Crippen LogP contribution is 2.20. The molecule has 0 amide bonds. The van der Waals surface area contributed by atoms with Gasteiger partial charge < -0.3 is 4.74 Å². The van der Waals surface area contributed by atoms with E-state index in [1.54, 1.807) is 0 Å². The normalized spacial score (nSPS) is 14.8. The molecule has 1 atom stereocenters. The van der Waals surface area contributed by atoms with Gasteiger partial charge in [-0.1, -0.05) is 39.5 Å². The molecule has 0 saturated carbocycles. The molecule has 0 rings (SSSR count). The van der Waals surface area contributed by atoms with Crippen molar-refractivity contribution in [2.24, 2.45) is 0 Å². The van der Waals surface area contributed by atoms with E-state index in [4.69, 9.17) is 4.74 Å². The van der Waals surface area contributed by atoms with Crippen molar-refractivity contribution in [1.82, 2.24) is 0 Å². The molecule has 0 N–H and O–H groups in total. The van der Waals surface area contributed by atoms with E-state index in [2.05, 4.69) is 6.92 Å². The molecule has 0 spiro atoms. The van der Waals surface area contributed by atoms with E-state index in [1.807, 2.05) is 20.8 Å². The predicted molar refractivity (Wildman–Crippen MR) is 68.7 cm³/mol. The third-order valence-corrected chi connectivity index (χ3v) is 3.23. The molecule has 2 nitrogen and oxygen atoms in total. The van der Waals surface area contributed by atoms with Crippen LogP contribution in [0.2, 0.25) is 0 Å². The highest BCUT2D eigenvalue weighted by atomic mass is 16.5. The minimum Gasteiger partial charge on any atom is -0.368 e. The van der Waals surface area contributed by atoms with E-state index >= 15 is 0 Å². The fourth-order valence-electron chi connectivity index (χ4n) is 1.85. The molecule has 0 saturated heterocycles. The fourth-order valence-corrected chi connectivity index (χ4v) is 1.85. The van der Waals surface area contributed by atoms with Crippen LogP contribution in [-0.2, 0) is 9.53 Å². The van der Waals surface area contributed by atoms with E-state index in [0.29, 0.717) is 13.0 Å². The number of carbonyl (C=O) groups excluding carboxylic acids is 1. The Bertz CT molecular complexity index is 189. The number of ketones is 1. The van der Waals surface area contributed by atoms with Crippen LogP contribution in [0.1, 0.15) is 72.6 Å². The number of unbranched alkanes of at least 4 members (excludes halogenated alkanes) is 4. The van der Waals surface area contributed by atoms with Gasteiger partial charge in [-0.15, -0.1) is 0 Å². The maximum absolute atomic E-state index is 12.0. The van der Waals surface area contributed by atoms with Crippen molar-refractivity contribution in [2.75, 3.05) is 6.61 Å². The molecule has 16 heavy (non-hydrogen) atoms. The zero-order valence-corrected chi connectivity index (χ0v) is 11.5. The van der Waals surface area contributed by atoms with E-state index in [9.17, 15) is 4.79 Å². The Kier molecular flexibility index (Phi) is 8.54. The molecule has 0 aromatic carbocycles. The van der Waals surface area contributed by atoms with Crippen molar-refractivity contribution in [3.63, 3.8) is 0 Å². The first-order valence-corrected chi connectivity index (χ1v) is 6.78. The van der Waals surface area contributed by atoms with Crippen LogP contribution in [0, 0.1) is 0 Å². The molecule has 0 radical (unpaired) electrons. The van der Waals surface area contributed by atoms with Crippen LogP contribution in [0.3, 0.4) is 0 Å². The second-order valence-corrected chi connectivity index (χ2v) is 4.60. The largest absolute Gasteiger partial charge is 0.368 e. The van der Waals surface area contributed by atoms with Crippen molar-refractivity contribution in [1.29, 1.82) is 0 Å². The zero-order valence-electron chi connectivity index (χ0n) is 11.5. The fraction of sp³-hybridized carbons (Fsp3) is 0.929. The Morgan fingerprint density at radius 2 is 1.69 bits per heavy atom. The third-order valence-electron chi connectivity index (χ3n) is 3.23. The Morgan fingerprint density at radius 3 is 2.19 bits per heavy atom. The summed E-state index contributed by atoms with van der Waals surface area (Å²) in [6, 6.07) is 0. The number of Topliss-reactive ketones (excluding diaryl/α,β-unsaturated/α-hetero) is 1. The van der Waals surface area contributed by atoms with Gasteiger partial charge in [0, 0.05) is 13.0 Å². The topological polar surface area (TPSA) is 26.3 Å². The van der Waals surface area contributed by atoms with Crippen LogP contribution in [0.15, 0.2) is 0 Å². The van der Waals surface area contributed by atoms with Gasteiger partial charge in [0.25, 0.3) is 0 Å². The second-order valence-electron chi connectivity index (χ2n) is 4.60. The van der Waals surface area contributed by atoms with Crippen LogP contribution in [0.25, 0.3) is 0 Å². The van der Waals surface area contributed by atoms with Gasteiger partial charge in [0.1, 0.15) is 5.60 Å². The molecule has 0 aliphatic heterocycles. The summed E-state index contributed by atoms with van der Waals surface area (Å²) in [4.78, 5) is 12.0. The van der Waals surface area contributed by atoms with E-state index in [0.717, 1.165) is 12.8 Å². The lowest BCUT2D eigenvalue weighted by Gasteiger charge is -2.26. The molecule has 96 valence electrons. The zero-order chi connectivity index (χ0) is 12.4. The van der Waals surface area contributed by atoms with E-state index in [-0.39, 0.29) is 5.78 Å². The average molecular weight is 228 g/mol. The Morgan fingerprint density at radius 1 is 1.06 bits per heavy atom. The summed E-state index contributed by atoms with van der Waals surface area (Å²) in [5.74, 6) is 0.272. The van der Waals surface area contributed by atoms with Gasteiger partial charge in [-0.3, -0.25) is 4.79 Å². The van der Waals surface area contributed by atoms with Crippen LogP contribution in [0.5, 0.6) is 0 Å². The van der Waals surface area contributed by atoms with Gasteiger partial charge in [0.05, 0.1) is 0 Å². The first kappa shape index (κ1) is 15.6. The number of ether oxygens (including phenoxy) is 1. The first-order chi connectivity index (χ1) is 7.60. The van der Waals surface area contributed by atoms with Crippen LogP contribution in [-0.4, -0.2) is 18.0 Å². The number of rotatable bonds is 10. The number of carbonyl (C=O) groups is 1. The lowest BCUT2D eigenvalue weighted by atomic mass is 9.93. The third kappa shape index (κ3) is 5.64. The number of hydrogen-bond acceptors (Lipinski definition) is 2. The SMILES string of the molecule is CCCCCCCC(=O)C(C)(CC)OCC. The summed E-state index contributed by atoms with van der Waals surface area (Å²) in [7, 11) is 0. The van der Waals surface area contributed by atoms with Gasteiger partial charge in [0.2, 0.25) is 0 Å². The van der Waals surface area contributed by atoms with Crippen LogP contribution in [0.4, 0.5) is 0 Å². The summed E-state index contributed by atoms with van der Waals surface area (Å²) in [6.07, 6.45) is 7.42. The Labute approximate surface area is 101 Å². The molecule has 0 aromatic heterocycles. The molecule has 0 aromatic rings. The van der Waals surface area contributed by atoms with Crippen molar-refractivity contribution in [2.45, 2.75) is 78.2 Å². The summed E-state index contributed by atoms with van der Waals surface area (Å²) in [5, 5.41) is 0. The summed E-state index contributed by atoms with van der Waals surface area (Å²) in [5.41, 5.74) is -0.542. The summed E-state index contributed by atoms with van der Waals surface area (Å²) >= 11 is 0. The minimum atomic E-state index is -0.542. The Hall–Kier alpha value is -0.370. The molecule has 2 heteroatoms. The lowest BCUT2D eigenvalue weighted by Crippen LogP contribution is -2.37. The molecule has 0 aliphatic rings. The van der Waals surface area contributed by atoms with Gasteiger partial charge in [0.15, 0.2) is 5.78 Å². The molecule has 0 heterocycles. The van der Waals surface area contributed by atoms with Crippen molar-refractivity contribution >= 4 is 5.78 Å².